The average molecular weight is 471 g/mol. The van der Waals surface area contributed by atoms with Crippen LogP contribution in [0.25, 0.3) is 0 Å². The maximum Gasteiger partial charge on any atom is 0.254 e. The maximum absolute atomic E-state index is 13.3. The molecule has 2 aromatic heterocycles. The van der Waals surface area contributed by atoms with Crippen LogP contribution in [0.4, 0.5) is 0 Å². The van der Waals surface area contributed by atoms with Crippen molar-refractivity contribution in [2.45, 2.75) is 12.6 Å². The Balaban J connectivity index is 1.26. The van der Waals surface area contributed by atoms with Crippen molar-refractivity contribution in [3.8, 4) is 17.4 Å². The first-order valence-corrected chi connectivity index (χ1v) is 11.4. The molecular formula is C27H26N4O4. The quantitative estimate of drug-likeness (QED) is 0.400. The Hall–Kier alpha value is -4.17. The number of carbonyl (C=O) groups excluding carboxylic acids is 1. The van der Waals surface area contributed by atoms with E-state index in [9.17, 15) is 4.79 Å². The van der Waals surface area contributed by atoms with Crippen LogP contribution in [0.1, 0.15) is 27.7 Å². The summed E-state index contributed by atoms with van der Waals surface area (Å²) >= 11 is 0. The third-order valence-electron chi connectivity index (χ3n) is 5.81. The zero-order chi connectivity index (χ0) is 24.0. The third kappa shape index (κ3) is 5.50. The predicted molar refractivity (Wildman–Crippen MR) is 130 cm³/mol. The average Bonchev–Trinajstić information content (AvgIpc) is 3.42. The molecule has 1 atom stereocenters. The van der Waals surface area contributed by atoms with Crippen LogP contribution < -0.4 is 9.47 Å². The monoisotopic (exact) mass is 470 g/mol. The van der Waals surface area contributed by atoms with Gasteiger partial charge in [0, 0.05) is 37.1 Å². The lowest BCUT2D eigenvalue weighted by Gasteiger charge is -2.33. The summed E-state index contributed by atoms with van der Waals surface area (Å²) in [5, 5.41) is 0. The number of morpholine rings is 1. The van der Waals surface area contributed by atoms with Crippen molar-refractivity contribution in [3.05, 3.63) is 102 Å². The van der Waals surface area contributed by atoms with Crippen molar-refractivity contribution in [2.24, 2.45) is 0 Å². The van der Waals surface area contributed by atoms with Gasteiger partial charge in [-0.2, -0.15) is 0 Å². The summed E-state index contributed by atoms with van der Waals surface area (Å²) in [6.07, 6.45) is 5.08. The molecule has 0 radical (unpaired) electrons. The van der Waals surface area contributed by atoms with E-state index < -0.39 is 0 Å². The summed E-state index contributed by atoms with van der Waals surface area (Å²) in [7, 11) is 1.62. The molecule has 8 heteroatoms. The van der Waals surface area contributed by atoms with Crippen LogP contribution in [0.3, 0.4) is 0 Å². The molecule has 1 aliphatic rings. The fourth-order valence-electron chi connectivity index (χ4n) is 4.02. The molecule has 2 aromatic carbocycles. The second-order valence-electron chi connectivity index (χ2n) is 8.22. The number of carbonyl (C=O) groups is 1. The van der Waals surface area contributed by atoms with E-state index in [4.69, 9.17) is 14.2 Å². The fraction of sp³-hybridized carbons (Fsp3) is 0.222. The van der Waals surface area contributed by atoms with Gasteiger partial charge >= 0.3 is 0 Å². The molecule has 5 rings (SSSR count). The molecule has 0 unspecified atom stereocenters. The van der Waals surface area contributed by atoms with E-state index in [0.29, 0.717) is 43.4 Å². The Morgan fingerprint density at radius 2 is 1.91 bits per heavy atom. The number of hydrogen-bond donors (Lipinski definition) is 0. The van der Waals surface area contributed by atoms with Gasteiger partial charge in [0.2, 0.25) is 5.88 Å². The van der Waals surface area contributed by atoms with Gasteiger partial charge in [-0.1, -0.05) is 18.2 Å². The maximum atomic E-state index is 13.3. The highest BCUT2D eigenvalue weighted by molar-refractivity contribution is 5.94. The predicted octanol–water partition coefficient (Wildman–Crippen LogP) is 4.34. The van der Waals surface area contributed by atoms with E-state index in [1.165, 1.54) is 0 Å². The summed E-state index contributed by atoms with van der Waals surface area (Å²) in [6, 6.07) is 20.6. The molecule has 1 fully saturated rings. The second kappa shape index (κ2) is 10.4. The summed E-state index contributed by atoms with van der Waals surface area (Å²) in [4.78, 5) is 23.8. The SMILES string of the molecule is COc1ccc(Oc2cccc([C@@H]3CN(C(=O)c4cccc(Cn5ccnc5)c4)CCO3)n2)cc1. The van der Waals surface area contributed by atoms with Crippen molar-refractivity contribution < 1.29 is 19.0 Å². The molecule has 0 N–H and O–H groups in total. The molecule has 1 aliphatic heterocycles. The highest BCUT2D eigenvalue weighted by Crippen LogP contribution is 2.27. The Morgan fingerprint density at radius 3 is 2.71 bits per heavy atom. The van der Waals surface area contributed by atoms with Gasteiger partial charge in [0.1, 0.15) is 17.6 Å². The Morgan fingerprint density at radius 1 is 1.09 bits per heavy atom. The van der Waals surface area contributed by atoms with Crippen molar-refractivity contribution >= 4 is 5.91 Å². The fourth-order valence-corrected chi connectivity index (χ4v) is 4.02. The third-order valence-corrected chi connectivity index (χ3v) is 5.81. The molecule has 0 saturated carbocycles. The smallest absolute Gasteiger partial charge is 0.254 e. The molecular weight excluding hydrogens is 444 g/mol. The van der Waals surface area contributed by atoms with Gasteiger partial charge < -0.3 is 23.7 Å². The second-order valence-corrected chi connectivity index (χ2v) is 8.22. The van der Waals surface area contributed by atoms with E-state index in [0.717, 1.165) is 17.0 Å². The highest BCUT2D eigenvalue weighted by atomic mass is 16.5. The van der Waals surface area contributed by atoms with Crippen molar-refractivity contribution in [2.75, 3.05) is 26.8 Å². The number of nitrogens with zero attached hydrogens (tertiary/aromatic N) is 4. The largest absolute Gasteiger partial charge is 0.497 e. The van der Waals surface area contributed by atoms with Crippen molar-refractivity contribution in [1.82, 2.24) is 19.4 Å². The molecule has 0 bridgehead atoms. The first-order chi connectivity index (χ1) is 17.2. The van der Waals surface area contributed by atoms with Gasteiger partial charge in [-0.25, -0.2) is 9.97 Å². The molecule has 1 saturated heterocycles. The van der Waals surface area contributed by atoms with Crippen LogP contribution in [0.5, 0.6) is 17.4 Å². The Kier molecular flexibility index (Phi) is 6.72. The zero-order valence-electron chi connectivity index (χ0n) is 19.4. The molecule has 4 aromatic rings. The highest BCUT2D eigenvalue weighted by Gasteiger charge is 2.27. The van der Waals surface area contributed by atoms with E-state index in [-0.39, 0.29) is 12.0 Å². The van der Waals surface area contributed by atoms with E-state index in [2.05, 4.69) is 9.97 Å². The van der Waals surface area contributed by atoms with Crippen LogP contribution in [0.15, 0.2) is 85.5 Å². The molecule has 0 spiro atoms. The number of hydrogen-bond acceptors (Lipinski definition) is 6. The summed E-state index contributed by atoms with van der Waals surface area (Å²) in [5.74, 6) is 1.86. The minimum Gasteiger partial charge on any atom is -0.497 e. The lowest BCUT2D eigenvalue weighted by atomic mass is 10.1. The van der Waals surface area contributed by atoms with Gasteiger partial charge in [0.25, 0.3) is 5.91 Å². The number of amides is 1. The van der Waals surface area contributed by atoms with Gasteiger partial charge in [-0.05, 0) is 48.0 Å². The van der Waals surface area contributed by atoms with Crippen LogP contribution in [-0.2, 0) is 11.3 Å². The minimum atomic E-state index is -0.332. The van der Waals surface area contributed by atoms with E-state index in [1.54, 1.807) is 25.7 Å². The van der Waals surface area contributed by atoms with E-state index >= 15 is 0 Å². The van der Waals surface area contributed by atoms with Gasteiger partial charge in [-0.3, -0.25) is 4.79 Å². The molecule has 0 aliphatic carbocycles. The van der Waals surface area contributed by atoms with Crippen molar-refractivity contribution in [3.63, 3.8) is 0 Å². The number of ether oxygens (including phenoxy) is 3. The van der Waals surface area contributed by atoms with Gasteiger partial charge in [-0.15, -0.1) is 0 Å². The number of aromatic nitrogens is 3. The first kappa shape index (κ1) is 22.6. The summed E-state index contributed by atoms with van der Waals surface area (Å²) in [6.45, 7) is 2.06. The number of benzene rings is 2. The van der Waals surface area contributed by atoms with Gasteiger partial charge in [0.05, 0.1) is 32.3 Å². The van der Waals surface area contributed by atoms with Crippen LogP contribution in [0.2, 0.25) is 0 Å². The summed E-state index contributed by atoms with van der Waals surface area (Å²) < 4.78 is 19.0. The molecule has 8 nitrogen and oxygen atoms in total. The van der Waals surface area contributed by atoms with Gasteiger partial charge in [0.15, 0.2) is 0 Å². The molecule has 178 valence electrons. The number of pyridine rings is 1. The van der Waals surface area contributed by atoms with Crippen LogP contribution in [-0.4, -0.2) is 52.1 Å². The number of methoxy groups -OCH3 is 1. The zero-order valence-corrected chi connectivity index (χ0v) is 19.4. The Labute approximate surface area is 203 Å². The van der Waals surface area contributed by atoms with Crippen LogP contribution in [0, 0.1) is 0 Å². The molecule has 35 heavy (non-hydrogen) atoms. The number of rotatable bonds is 7. The molecule has 1 amide bonds. The van der Waals surface area contributed by atoms with Crippen LogP contribution >= 0.6 is 0 Å². The van der Waals surface area contributed by atoms with E-state index in [1.807, 2.05) is 76.3 Å². The minimum absolute atomic E-state index is 0.0172. The lowest BCUT2D eigenvalue weighted by Crippen LogP contribution is -2.42. The standard InChI is InChI=1S/C27H26N4O4/c1-33-22-8-10-23(11-9-22)35-26-7-3-6-24(29-26)25-18-31(14-15-34-25)27(32)21-5-2-4-20(16-21)17-30-13-12-28-19-30/h2-13,16,19,25H,14-15,17-18H2,1H3/t25-/m0/s1. The normalized spacial score (nSPS) is 15.6. The number of imidazole rings is 1. The lowest BCUT2D eigenvalue weighted by molar-refractivity contribution is -0.0248. The van der Waals surface area contributed by atoms with Crippen molar-refractivity contribution in [1.29, 1.82) is 0 Å². The first-order valence-electron chi connectivity index (χ1n) is 11.4. The molecule has 3 heterocycles. The summed E-state index contributed by atoms with van der Waals surface area (Å²) in [5.41, 5.74) is 2.43. The topological polar surface area (TPSA) is 78.7 Å². The Bertz CT molecular complexity index is 1270.